The van der Waals surface area contributed by atoms with Crippen molar-refractivity contribution in [2.75, 3.05) is 13.3 Å². The fourth-order valence-electron chi connectivity index (χ4n) is 1.47. The third kappa shape index (κ3) is 1.57. The van der Waals surface area contributed by atoms with E-state index in [-0.39, 0.29) is 0 Å². The van der Waals surface area contributed by atoms with Crippen molar-refractivity contribution in [3.63, 3.8) is 0 Å². The molecule has 1 aromatic heterocycles. The van der Waals surface area contributed by atoms with Crippen LogP contribution in [0.4, 0.5) is 0 Å². The van der Waals surface area contributed by atoms with E-state index in [1.54, 1.807) is 23.1 Å². The Labute approximate surface area is 91.9 Å². The highest BCUT2D eigenvalue weighted by molar-refractivity contribution is 8.13. The standard InChI is InChI=1S/C11H11NS2/c1-12-11(13-2)9-7-14-10-6-4-3-5-8(9)10/h3-7H,1-2H3. The Kier molecular flexibility index (Phi) is 2.89. The van der Waals surface area contributed by atoms with Crippen molar-refractivity contribution in [2.45, 2.75) is 0 Å². The number of fused-ring (bicyclic) bond motifs is 1. The summed E-state index contributed by atoms with van der Waals surface area (Å²) >= 11 is 3.48. The molecule has 0 saturated heterocycles. The van der Waals surface area contributed by atoms with Crippen molar-refractivity contribution in [3.05, 3.63) is 35.2 Å². The first-order valence-electron chi connectivity index (χ1n) is 4.34. The lowest BCUT2D eigenvalue weighted by Crippen LogP contribution is -1.91. The fraction of sp³-hybridized carbons (Fsp3) is 0.182. The number of thioether (sulfide) groups is 1. The van der Waals surface area contributed by atoms with E-state index in [9.17, 15) is 0 Å². The molecule has 0 aliphatic rings. The van der Waals surface area contributed by atoms with Crippen LogP contribution in [0.15, 0.2) is 34.6 Å². The van der Waals surface area contributed by atoms with Gasteiger partial charge < -0.3 is 0 Å². The van der Waals surface area contributed by atoms with Gasteiger partial charge in [-0.15, -0.1) is 23.1 Å². The van der Waals surface area contributed by atoms with Crippen LogP contribution in [0.2, 0.25) is 0 Å². The van der Waals surface area contributed by atoms with Crippen LogP contribution in [-0.4, -0.2) is 18.3 Å². The van der Waals surface area contributed by atoms with E-state index in [2.05, 4.69) is 40.9 Å². The van der Waals surface area contributed by atoms with Gasteiger partial charge >= 0.3 is 0 Å². The van der Waals surface area contributed by atoms with Crippen molar-refractivity contribution >= 4 is 38.2 Å². The Morgan fingerprint density at radius 3 is 2.86 bits per heavy atom. The highest BCUT2D eigenvalue weighted by Crippen LogP contribution is 2.28. The third-order valence-corrected chi connectivity index (χ3v) is 3.86. The Hall–Kier alpha value is -0.800. The van der Waals surface area contributed by atoms with Gasteiger partial charge in [-0.05, 0) is 12.3 Å². The molecular weight excluding hydrogens is 210 g/mol. The normalized spacial score (nSPS) is 12.3. The largest absolute Gasteiger partial charge is 0.281 e. The van der Waals surface area contributed by atoms with E-state index >= 15 is 0 Å². The van der Waals surface area contributed by atoms with Gasteiger partial charge in [0.2, 0.25) is 0 Å². The molecule has 3 heteroatoms. The van der Waals surface area contributed by atoms with Crippen LogP contribution in [0.3, 0.4) is 0 Å². The van der Waals surface area contributed by atoms with Gasteiger partial charge in [0.05, 0.1) is 5.04 Å². The van der Waals surface area contributed by atoms with Crippen LogP contribution in [-0.2, 0) is 0 Å². The van der Waals surface area contributed by atoms with E-state index in [0.29, 0.717) is 0 Å². The fourth-order valence-corrected chi connectivity index (χ4v) is 3.06. The minimum Gasteiger partial charge on any atom is -0.281 e. The maximum Gasteiger partial charge on any atom is 0.0985 e. The van der Waals surface area contributed by atoms with Crippen LogP contribution in [0.1, 0.15) is 5.56 Å². The molecular formula is C11H11NS2. The number of aliphatic imine (C=N–C) groups is 1. The van der Waals surface area contributed by atoms with Gasteiger partial charge in [-0.2, -0.15) is 0 Å². The molecule has 0 radical (unpaired) electrons. The Balaban J connectivity index is 2.63. The van der Waals surface area contributed by atoms with Crippen molar-refractivity contribution < 1.29 is 0 Å². The van der Waals surface area contributed by atoms with Crippen LogP contribution in [0.25, 0.3) is 10.1 Å². The van der Waals surface area contributed by atoms with Gasteiger partial charge in [0.25, 0.3) is 0 Å². The molecule has 0 saturated carbocycles. The summed E-state index contributed by atoms with van der Waals surface area (Å²) < 4.78 is 1.33. The van der Waals surface area contributed by atoms with Crippen LogP contribution in [0.5, 0.6) is 0 Å². The summed E-state index contributed by atoms with van der Waals surface area (Å²) in [5, 5.41) is 4.61. The van der Waals surface area contributed by atoms with E-state index in [1.165, 1.54) is 15.6 Å². The minimum absolute atomic E-state index is 1.11. The van der Waals surface area contributed by atoms with Crippen LogP contribution in [0, 0.1) is 0 Å². The zero-order valence-corrected chi connectivity index (χ0v) is 9.78. The lowest BCUT2D eigenvalue weighted by atomic mass is 10.2. The summed E-state index contributed by atoms with van der Waals surface area (Å²) in [6, 6.07) is 8.45. The molecule has 2 rings (SSSR count). The second-order valence-electron chi connectivity index (χ2n) is 2.88. The molecule has 0 atom stereocenters. The molecule has 1 nitrogen and oxygen atoms in total. The predicted octanol–water partition coefficient (Wildman–Crippen LogP) is 3.64. The summed E-state index contributed by atoms with van der Waals surface area (Å²) in [5.74, 6) is 0. The van der Waals surface area contributed by atoms with Crippen molar-refractivity contribution in [3.8, 4) is 0 Å². The molecule has 0 N–H and O–H groups in total. The average Bonchev–Trinajstić information content (AvgIpc) is 2.65. The number of hydrogen-bond donors (Lipinski definition) is 0. The molecule has 0 aliphatic carbocycles. The molecule has 2 aromatic rings. The Morgan fingerprint density at radius 1 is 1.36 bits per heavy atom. The van der Waals surface area contributed by atoms with Crippen LogP contribution >= 0.6 is 23.1 Å². The molecule has 1 heterocycles. The van der Waals surface area contributed by atoms with E-state index in [4.69, 9.17) is 0 Å². The van der Waals surface area contributed by atoms with Crippen molar-refractivity contribution in [1.29, 1.82) is 0 Å². The summed E-state index contributed by atoms with van der Waals surface area (Å²) in [7, 11) is 1.85. The third-order valence-electron chi connectivity index (χ3n) is 2.11. The second-order valence-corrected chi connectivity index (χ2v) is 4.58. The summed E-state index contributed by atoms with van der Waals surface area (Å²) in [5.41, 5.74) is 1.26. The highest BCUT2D eigenvalue weighted by Gasteiger charge is 2.07. The van der Waals surface area contributed by atoms with Crippen molar-refractivity contribution in [2.24, 2.45) is 4.99 Å². The first-order valence-corrected chi connectivity index (χ1v) is 6.44. The van der Waals surface area contributed by atoms with Crippen molar-refractivity contribution in [1.82, 2.24) is 0 Å². The smallest absolute Gasteiger partial charge is 0.0985 e. The van der Waals surface area contributed by atoms with E-state index in [1.807, 2.05) is 7.05 Å². The molecule has 0 unspecified atom stereocenters. The lowest BCUT2D eigenvalue weighted by molar-refractivity contribution is 1.46. The predicted molar refractivity (Wildman–Crippen MR) is 67.8 cm³/mol. The first kappa shape index (κ1) is 9.74. The highest BCUT2D eigenvalue weighted by atomic mass is 32.2. The second kappa shape index (κ2) is 4.15. The van der Waals surface area contributed by atoms with Gasteiger partial charge in [-0.1, -0.05) is 18.2 Å². The first-order chi connectivity index (χ1) is 6.86. The van der Waals surface area contributed by atoms with Crippen LogP contribution < -0.4 is 0 Å². The molecule has 1 aromatic carbocycles. The van der Waals surface area contributed by atoms with Gasteiger partial charge in [0.15, 0.2) is 0 Å². The number of thiophene rings is 1. The van der Waals surface area contributed by atoms with Gasteiger partial charge in [-0.25, -0.2) is 0 Å². The lowest BCUT2D eigenvalue weighted by Gasteiger charge is -1.99. The van der Waals surface area contributed by atoms with Gasteiger partial charge in [0.1, 0.15) is 0 Å². The zero-order chi connectivity index (χ0) is 9.97. The molecule has 14 heavy (non-hydrogen) atoms. The average molecular weight is 221 g/mol. The molecule has 0 amide bonds. The topological polar surface area (TPSA) is 12.4 Å². The number of hydrogen-bond acceptors (Lipinski definition) is 3. The number of nitrogens with zero attached hydrogens (tertiary/aromatic N) is 1. The molecule has 0 bridgehead atoms. The number of benzene rings is 1. The Bertz CT molecular complexity index is 471. The summed E-state index contributed by atoms with van der Waals surface area (Å²) in [6.45, 7) is 0. The molecule has 0 fully saturated rings. The van der Waals surface area contributed by atoms with Gasteiger partial charge in [0, 0.05) is 28.1 Å². The number of rotatable bonds is 1. The Morgan fingerprint density at radius 2 is 2.14 bits per heavy atom. The maximum absolute atomic E-state index is 4.29. The zero-order valence-electron chi connectivity index (χ0n) is 8.15. The van der Waals surface area contributed by atoms with E-state index < -0.39 is 0 Å². The van der Waals surface area contributed by atoms with Gasteiger partial charge in [-0.3, -0.25) is 4.99 Å². The summed E-state index contributed by atoms with van der Waals surface area (Å²) in [4.78, 5) is 4.29. The SMILES string of the molecule is CN=C(SC)c1csc2ccccc12. The molecule has 72 valence electrons. The minimum atomic E-state index is 1.11. The molecule has 0 spiro atoms. The van der Waals surface area contributed by atoms with E-state index in [0.717, 1.165) is 5.04 Å². The maximum atomic E-state index is 4.29. The monoisotopic (exact) mass is 221 g/mol. The quantitative estimate of drug-likeness (QED) is 0.529. The summed E-state index contributed by atoms with van der Waals surface area (Å²) in [6.07, 6.45) is 2.06. The molecule has 0 aliphatic heterocycles.